The van der Waals surface area contributed by atoms with E-state index < -0.39 is 11.9 Å². The fraction of sp³-hybridized carbons (Fsp3) is 0.229. The normalized spacial score (nSPS) is 11.8. The molecule has 10 heteroatoms. The summed E-state index contributed by atoms with van der Waals surface area (Å²) in [5.74, 6) is -1.53. The first-order valence-corrected chi connectivity index (χ1v) is 14.8. The molecule has 0 bridgehead atoms. The average molecular weight is 625 g/mol. The number of carboxylic acids is 1. The first-order valence-electron chi connectivity index (χ1n) is 14.4. The van der Waals surface area contributed by atoms with Gasteiger partial charge in [-0.1, -0.05) is 54.1 Å². The topological polar surface area (TPSA) is 117 Å². The Bertz CT molecular complexity index is 1930. The minimum Gasteiger partial charge on any atom is -0.481 e. The number of aromatic nitrogens is 2. The number of para-hydroxylation sites is 1. The van der Waals surface area contributed by atoms with E-state index >= 15 is 0 Å². The van der Waals surface area contributed by atoms with Crippen LogP contribution in [0, 0.1) is 13.8 Å². The number of aliphatic carboxylic acids is 1. The van der Waals surface area contributed by atoms with E-state index in [1.165, 1.54) is 4.90 Å². The first kappa shape index (κ1) is 31.4. The maximum Gasteiger partial charge on any atom is 0.310 e. The Labute approximate surface area is 266 Å². The second-order valence-corrected chi connectivity index (χ2v) is 11.6. The first-order chi connectivity index (χ1) is 21.4. The van der Waals surface area contributed by atoms with Crippen molar-refractivity contribution in [2.45, 2.75) is 39.8 Å². The van der Waals surface area contributed by atoms with Gasteiger partial charge in [-0.05, 0) is 61.7 Å². The van der Waals surface area contributed by atoms with Crippen LogP contribution in [0.2, 0.25) is 5.02 Å². The van der Waals surface area contributed by atoms with Crippen LogP contribution in [0.25, 0.3) is 22.0 Å². The molecule has 2 aromatic carbocycles. The van der Waals surface area contributed by atoms with Crippen LogP contribution >= 0.6 is 11.6 Å². The summed E-state index contributed by atoms with van der Waals surface area (Å²) in [4.78, 5) is 50.7. The summed E-state index contributed by atoms with van der Waals surface area (Å²) in [7, 11) is 3.28. The highest BCUT2D eigenvalue weighted by atomic mass is 35.5. The van der Waals surface area contributed by atoms with Crippen molar-refractivity contribution >= 4 is 40.3 Å². The van der Waals surface area contributed by atoms with Crippen molar-refractivity contribution in [1.29, 1.82) is 0 Å². The molecule has 230 valence electrons. The molecule has 45 heavy (non-hydrogen) atoms. The summed E-state index contributed by atoms with van der Waals surface area (Å²) in [5.41, 5.74) is 5.35. The summed E-state index contributed by atoms with van der Waals surface area (Å²) in [5, 5.41) is 10.5. The molecule has 0 radical (unpaired) electrons. The number of rotatable bonds is 9. The lowest BCUT2D eigenvalue weighted by atomic mass is 9.97. The third-order valence-corrected chi connectivity index (χ3v) is 8.18. The summed E-state index contributed by atoms with van der Waals surface area (Å²) in [6, 6.07) is 19.8. The lowest BCUT2D eigenvalue weighted by Gasteiger charge is -2.24. The highest BCUT2D eigenvalue weighted by Crippen LogP contribution is 2.30. The number of aryl methyl sites for hydroxylation is 1. The van der Waals surface area contributed by atoms with Crippen LogP contribution in [0.1, 0.15) is 62.0 Å². The quantitative estimate of drug-likeness (QED) is 0.190. The van der Waals surface area contributed by atoms with E-state index in [-0.39, 0.29) is 30.7 Å². The van der Waals surface area contributed by atoms with Gasteiger partial charge in [0.15, 0.2) is 5.76 Å². The van der Waals surface area contributed by atoms with Gasteiger partial charge in [-0.15, -0.1) is 0 Å². The lowest BCUT2D eigenvalue weighted by molar-refractivity contribution is -0.138. The standard InChI is InChI=1S/C35H33ClN4O5/c1-20-22(3)38-29-12-7-6-11-27(29)32(20)34(42)40(18-26-13-14-31(45-26)33(41)39(4)5)19-30-28(36)16-25(17-37-30)24-10-8-9-23(15-24)21(2)35(43)44/h6-17,21H,18-19H2,1-5H3,(H,43,44). The third kappa shape index (κ3) is 6.58. The zero-order valence-electron chi connectivity index (χ0n) is 25.7. The van der Waals surface area contributed by atoms with Crippen LogP contribution in [-0.4, -0.2) is 56.8 Å². The number of benzene rings is 2. The van der Waals surface area contributed by atoms with Gasteiger partial charge in [-0.25, -0.2) is 0 Å². The van der Waals surface area contributed by atoms with Crippen LogP contribution in [-0.2, 0) is 17.9 Å². The number of furan rings is 1. The molecule has 1 unspecified atom stereocenters. The van der Waals surface area contributed by atoms with Crippen molar-refractivity contribution in [2.24, 2.45) is 0 Å². The van der Waals surface area contributed by atoms with Crippen molar-refractivity contribution in [3.05, 3.63) is 118 Å². The predicted octanol–water partition coefficient (Wildman–Crippen LogP) is 6.89. The largest absolute Gasteiger partial charge is 0.481 e. The Kier molecular flexibility index (Phi) is 9.01. The highest BCUT2D eigenvalue weighted by molar-refractivity contribution is 6.31. The second kappa shape index (κ2) is 12.9. The van der Waals surface area contributed by atoms with Gasteiger partial charge >= 0.3 is 5.97 Å². The number of carbonyl (C=O) groups excluding carboxylic acids is 2. The SMILES string of the molecule is Cc1nc2ccccc2c(C(=O)N(Cc2ccc(C(=O)N(C)C)o2)Cc2ncc(-c3cccc(C(C)C(=O)O)c3)cc2Cl)c1C. The molecule has 0 fully saturated rings. The van der Waals surface area contributed by atoms with E-state index in [0.717, 1.165) is 22.2 Å². The molecule has 2 amide bonds. The van der Waals surface area contributed by atoms with E-state index in [9.17, 15) is 19.5 Å². The zero-order chi connectivity index (χ0) is 32.4. The fourth-order valence-corrected chi connectivity index (χ4v) is 5.33. The zero-order valence-corrected chi connectivity index (χ0v) is 26.4. The number of pyridine rings is 2. The van der Waals surface area contributed by atoms with E-state index in [2.05, 4.69) is 9.97 Å². The average Bonchev–Trinajstić information content (AvgIpc) is 3.49. The Morgan fingerprint density at radius 2 is 1.69 bits per heavy atom. The van der Waals surface area contributed by atoms with Crippen molar-refractivity contribution < 1.29 is 23.9 Å². The van der Waals surface area contributed by atoms with Crippen LogP contribution in [0.5, 0.6) is 0 Å². The molecular weight excluding hydrogens is 592 g/mol. The van der Waals surface area contributed by atoms with Gasteiger partial charge in [0.05, 0.1) is 40.8 Å². The Hall–Kier alpha value is -5.02. The fourth-order valence-electron chi connectivity index (χ4n) is 5.10. The number of halogens is 1. The molecule has 3 aromatic heterocycles. The van der Waals surface area contributed by atoms with Crippen molar-refractivity contribution in [3.8, 4) is 11.1 Å². The van der Waals surface area contributed by atoms with Crippen LogP contribution < -0.4 is 0 Å². The van der Waals surface area contributed by atoms with Gasteiger partial charge in [0.2, 0.25) is 0 Å². The monoisotopic (exact) mass is 624 g/mol. The van der Waals surface area contributed by atoms with Gasteiger partial charge in [-0.3, -0.25) is 24.4 Å². The van der Waals surface area contributed by atoms with E-state index in [4.69, 9.17) is 16.0 Å². The number of amides is 2. The van der Waals surface area contributed by atoms with Gasteiger partial charge in [0.1, 0.15) is 5.76 Å². The number of hydrogen-bond acceptors (Lipinski definition) is 6. The van der Waals surface area contributed by atoms with Gasteiger partial charge in [-0.2, -0.15) is 0 Å². The molecule has 1 N–H and O–H groups in total. The van der Waals surface area contributed by atoms with Crippen molar-refractivity contribution in [2.75, 3.05) is 14.1 Å². The number of carbonyl (C=O) groups is 3. The molecule has 0 aliphatic rings. The molecule has 0 spiro atoms. The second-order valence-electron chi connectivity index (χ2n) is 11.2. The number of hydrogen-bond donors (Lipinski definition) is 1. The number of fused-ring (bicyclic) bond motifs is 1. The minimum atomic E-state index is -0.912. The van der Waals surface area contributed by atoms with Crippen molar-refractivity contribution in [1.82, 2.24) is 19.8 Å². The van der Waals surface area contributed by atoms with Crippen LogP contribution in [0.4, 0.5) is 0 Å². The number of carboxylic acid groups (broad SMARTS) is 1. The summed E-state index contributed by atoms with van der Waals surface area (Å²) >= 11 is 6.78. The Morgan fingerprint density at radius 3 is 2.40 bits per heavy atom. The Morgan fingerprint density at radius 1 is 0.933 bits per heavy atom. The van der Waals surface area contributed by atoms with Crippen molar-refractivity contribution in [3.63, 3.8) is 0 Å². The Balaban J connectivity index is 1.52. The van der Waals surface area contributed by atoms with E-state index in [1.807, 2.05) is 50.2 Å². The van der Waals surface area contributed by atoms with Gasteiger partial charge in [0.25, 0.3) is 11.8 Å². The molecule has 0 saturated carbocycles. The molecule has 3 heterocycles. The maximum atomic E-state index is 14.4. The maximum absolute atomic E-state index is 14.4. The molecule has 9 nitrogen and oxygen atoms in total. The summed E-state index contributed by atoms with van der Waals surface area (Å²) < 4.78 is 5.86. The van der Waals surface area contributed by atoms with E-state index in [1.54, 1.807) is 62.4 Å². The smallest absolute Gasteiger partial charge is 0.310 e. The molecule has 5 aromatic rings. The highest BCUT2D eigenvalue weighted by Gasteiger charge is 2.25. The van der Waals surface area contributed by atoms with Gasteiger partial charge < -0.3 is 19.3 Å². The molecule has 5 rings (SSSR count). The predicted molar refractivity (Wildman–Crippen MR) is 172 cm³/mol. The molecule has 0 saturated heterocycles. The summed E-state index contributed by atoms with van der Waals surface area (Å²) in [6.45, 7) is 5.50. The minimum absolute atomic E-state index is 0.0564. The molecule has 0 aliphatic heterocycles. The number of nitrogens with zero attached hydrogens (tertiary/aromatic N) is 4. The lowest BCUT2D eigenvalue weighted by Crippen LogP contribution is -2.31. The molecular formula is C35H33ClN4O5. The van der Waals surface area contributed by atoms with Crippen LogP contribution in [0.15, 0.2) is 77.3 Å². The molecule has 1 atom stereocenters. The third-order valence-electron chi connectivity index (χ3n) is 7.85. The molecule has 0 aliphatic carbocycles. The van der Waals surface area contributed by atoms with E-state index in [0.29, 0.717) is 38.7 Å². The summed E-state index contributed by atoms with van der Waals surface area (Å²) in [6.07, 6.45) is 1.66. The van der Waals surface area contributed by atoms with Gasteiger partial charge in [0, 0.05) is 36.9 Å². The van der Waals surface area contributed by atoms with Crippen LogP contribution in [0.3, 0.4) is 0 Å².